The summed E-state index contributed by atoms with van der Waals surface area (Å²) >= 11 is 0. The number of ketones is 1. The number of rotatable bonds is 14. The maximum atomic E-state index is 13.4. The van der Waals surface area contributed by atoms with E-state index in [4.69, 9.17) is 75.8 Å². The molecule has 2 N–H and O–H groups in total. The van der Waals surface area contributed by atoms with Crippen molar-refractivity contribution < 1.29 is 90.8 Å². The van der Waals surface area contributed by atoms with Gasteiger partial charge in [-0.3, -0.25) is 4.79 Å². The number of carbonyl (C=O) groups is 1. The first kappa shape index (κ1) is 56.2. The third kappa shape index (κ3) is 10.5. The number of Topliss-reactive ketones (excluding diaryl/α,β-unsaturated/α-hetero) is 1. The van der Waals surface area contributed by atoms with Crippen molar-refractivity contribution in [2.75, 3.05) is 28.4 Å². The molecular weight excluding hydrogens is 965 g/mol. The van der Waals surface area contributed by atoms with Gasteiger partial charge in [-0.2, -0.15) is 0 Å². The van der Waals surface area contributed by atoms with Gasteiger partial charge in [-0.05, 0) is 98.3 Å². The topological polar surface area (TPSA) is 205 Å². The Morgan fingerprint density at radius 1 is 0.500 bits per heavy atom. The fourth-order valence-corrected chi connectivity index (χ4v) is 15.8. The molecule has 7 saturated heterocycles. The molecule has 0 aromatic rings. The van der Waals surface area contributed by atoms with Gasteiger partial charge in [-0.1, -0.05) is 6.92 Å². The van der Waals surface area contributed by atoms with Crippen molar-refractivity contribution in [3.63, 3.8) is 0 Å². The van der Waals surface area contributed by atoms with E-state index in [1.165, 1.54) is 0 Å². The highest BCUT2D eigenvalue weighted by atomic mass is 16.8. The van der Waals surface area contributed by atoms with E-state index in [1.54, 1.807) is 35.4 Å². The van der Waals surface area contributed by atoms with Crippen molar-refractivity contribution in [2.45, 2.75) is 286 Å². The van der Waals surface area contributed by atoms with Gasteiger partial charge in [0, 0.05) is 85.2 Å². The zero-order chi connectivity index (χ0) is 52.6. The Labute approximate surface area is 438 Å². The SMILES string of the molecule is COC1CC(OC2C(O)CC(OC3C(C)OC(OC4C(C)OC(OC5C(C)OC(OC6CCC7(C)C(CCC89OC(C)C%10CCC(=O)C%10(C)C(CC87)O9)C6)CC5OC)CC4OC)CC3OC)OC2C)OC(C)C1O. The van der Waals surface area contributed by atoms with Crippen molar-refractivity contribution in [1.82, 2.24) is 0 Å². The van der Waals surface area contributed by atoms with E-state index in [-0.39, 0.29) is 60.3 Å². The van der Waals surface area contributed by atoms with Crippen LogP contribution in [-0.2, 0) is 80.6 Å². The molecule has 29 atom stereocenters. The zero-order valence-electron chi connectivity index (χ0n) is 46.0. The normalized spacial score (nSPS) is 54.8. The van der Waals surface area contributed by atoms with E-state index in [1.807, 2.05) is 27.7 Å². The Morgan fingerprint density at radius 3 is 1.50 bits per heavy atom. The monoisotopic (exact) mass is 1050 g/mol. The molecule has 10 fully saturated rings. The molecule has 0 aromatic carbocycles. The van der Waals surface area contributed by atoms with E-state index >= 15 is 0 Å². The summed E-state index contributed by atoms with van der Waals surface area (Å²) < 4.78 is 102. The first-order valence-corrected chi connectivity index (χ1v) is 28.2. The van der Waals surface area contributed by atoms with Crippen molar-refractivity contribution in [3.05, 3.63) is 0 Å². The average molecular weight is 1060 g/mol. The minimum atomic E-state index is -0.901. The molecule has 7 aliphatic heterocycles. The molecule has 0 amide bonds. The molecule has 3 aliphatic carbocycles. The summed E-state index contributed by atoms with van der Waals surface area (Å²) in [6.45, 7) is 16.2. The summed E-state index contributed by atoms with van der Waals surface area (Å²) in [5, 5.41) is 21.6. The fourth-order valence-electron chi connectivity index (χ4n) is 15.8. The summed E-state index contributed by atoms with van der Waals surface area (Å²) in [6.07, 6.45) is -1.70. The van der Waals surface area contributed by atoms with Crippen LogP contribution in [0.25, 0.3) is 0 Å². The van der Waals surface area contributed by atoms with Crippen LogP contribution in [0.2, 0.25) is 0 Å². The van der Waals surface area contributed by atoms with Crippen LogP contribution in [0.1, 0.15) is 139 Å². The predicted octanol–water partition coefficient (Wildman–Crippen LogP) is 5.47. The Morgan fingerprint density at radius 2 is 0.973 bits per heavy atom. The number of hydrogen-bond acceptors (Lipinski definition) is 19. The first-order valence-electron chi connectivity index (χ1n) is 28.2. The van der Waals surface area contributed by atoms with E-state index in [9.17, 15) is 15.0 Å². The summed E-state index contributed by atoms with van der Waals surface area (Å²) in [5.41, 5.74) is -0.437. The highest BCUT2D eigenvalue weighted by Gasteiger charge is 2.70. The van der Waals surface area contributed by atoms with Crippen LogP contribution in [0, 0.1) is 28.6 Å². The molecule has 29 unspecified atom stereocenters. The van der Waals surface area contributed by atoms with Crippen molar-refractivity contribution in [1.29, 1.82) is 0 Å². The second kappa shape index (κ2) is 22.5. The lowest BCUT2D eigenvalue weighted by molar-refractivity contribution is -0.351. The lowest BCUT2D eigenvalue weighted by atomic mass is 9.52. The van der Waals surface area contributed by atoms with Gasteiger partial charge in [0.25, 0.3) is 0 Å². The van der Waals surface area contributed by atoms with Crippen LogP contribution in [0.4, 0.5) is 0 Å². The van der Waals surface area contributed by atoms with Crippen LogP contribution in [-0.4, -0.2) is 192 Å². The smallest absolute Gasteiger partial charge is 0.172 e. The van der Waals surface area contributed by atoms with Crippen LogP contribution in [0.5, 0.6) is 0 Å². The van der Waals surface area contributed by atoms with E-state index in [2.05, 4.69) is 20.8 Å². The standard InChI is InChI=1S/C55H90O19/c1-26-34-13-14-41(57)54(34,8)42-25-40-53(7)17-16-33(19-32(53)15-18-55(40,73-26)74-42)68-44-22-37(60-10)51(29(4)65-44)71-47-24-39(62-12)52(31(6)67-47)72-46-23-38(61-11)50(30(5)66-46)70-43-20-35(56)49(28(3)64-43)69-45-21-36(59-9)48(58)27(2)63-45/h26-40,42-52,56,58H,13-25H2,1-12H3. The number of carbonyl (C=O) groups excluding carboxylic acids is 1. The molecule has 1 spiro atoms. The third-order valence-corrected chi connectivity index (χ3v) is 20.1. The van der Waals surface area contributed by atoms with Gasteiger partial charge in [0.15, 0.2) is 37.2 Å². The Balaban J connectivity index is 0.687. The number of hydrogen-bond donors (Lipinski definition) is 2. The Kier molecular flexibility index (Phi) is 17.1. The first-order chi connectivity index (χ1) is 35.3. The average Bonchev–Trinajstić information content (AvgIpc) is 3.89. The second-order valence-corrected chi connectivity index (χ2v) is 24.2. The molecule has 74 heavy (non-hydrogen) atoms. The molecule has 3 saturated carbocycles. The second-order valence-electron chi connectivity index (χ2n) is 24.2. The van der Waals surface area contributed by atoms with Crippen LogP contribution in [0.15, 0.2) is 0 Å². The minimum absolute atomic E-state index is 0.00137. The van der Waals surface area contributed by atoms with Crippen LogP contribution in [0.3, 0.4) is 0 Å². The Hall–Kier alpha value is -1.05. The van der Waals surface area contributed by atoms with E-state index in [0.717, 1.165) is 44.9 Å². The number of aliphatic hydroxyl groups excluding tert-OH is 2. The van der Waals surface area contributed by atoms with Gasteiger partial charge in [0.05, 0.1) is 84.8 Å². The molecule has 0 aromatic heterocycles. The molecule has 2 bridgehead atoms. The number of ether oxygens (including phenoxy) is 16. The van der Waals surface area contributed by atoms with Gasteiger partial charge >= 0.3 is 0 Å². The summed E-state index contributed by atoms with van der Waals surface area (Å²) in [6, 6.07) is 0. The largest absolute Gasteiger partial charge is 0.390 e. The molecule has 19 nitrogen and oxygen atoms in total. The molecule has 10 aliphatic rings. The van der Waals surface area contributed by atoms with Crippen LogP contribution < -0.4 is 0 Å². The Bertz CT molecular complexity index is 1890. The molecule has 0 radical (unpaired) electrons. The summed E-state index contributed by atoms with van der Waals surface area (Å²) in [5.74, 6) is 0.664. The predicted molar refractivity (Wildman–Crippen MR) is 261 cm³/mol. The summed E-state index contributed by atoms with van der Waals surface area (Å²) in [7, 11) is 6.56. The summed E-state index contributed by atoms with van der Waals surface area (Å²) in [4.78, 5) is 13.4. The third-order valence-electron chi connectivity index (χ3n) is 20.1. The quantitative estimate of drug-likeness (QED) is 0.207. The van der Waals surface area contributed by atoms with Gasteiger partial charge in [0.1, 0.15) is 36.3 Å². The molecule has 7 heterocycles. The molecule has 10 rings (SSSR count). The van der Waals surface area contributed by atoms with Gasteiger partial charge in [-0.25, -0.2) is 0 Å². The zero-order valence-corrected chi connectivity index (χ0v) is 46.0. The highest BCUT2D eigenvalue weighted by Crippen LogP contribution is 2.67. The molecule has 424 valence electrons. The lowest BCUT2D eigenvalue weighted by Crippen LogP contribution is -2.58. The van der Waals surface area contributed by atoms with Crippen molar-refractivity contribution in [2.24, 2.45) is 28.6 Å². The number of aliphatic hydroxyl groups is 2. The molecular formula is C55H90O19. The highest BCUT2D eigenvalue weighted by molar-refractivity contribution is 5.88. The van der Waals surface area contributed by atoms with E-state index < -0.39 is 116 Å². The fraction of sp³-hybridized carbons (Fsp3) is 0.982. The van der Waals surface area contributed by atoms with Gasteiger partial charge < -0.3 is 86.0 Å². The van der Waals surface area contributed by atoms with Gasteiger partial charge in [-0.15, -0.1) is 0 Å². The van der Waals surface area contributed by atoms with Gasteiger partial charge in [0.2, 0.25) is 0 Å². The molecule has 19 heteroatoms. The lowest BCUT2D eigenvalue weighted by Gasteiger charge is -2.57. The van der Waals surface area contributed by atoms with Crippen molar-refractivity contribution in [3.8, 4) is 0 Å². The minimum Gasteiger partial charge on any atom is -0.390 e. The number of fused-ring (bicyclic) bond motifs is 5. The van der Waals surface area contributed by atoms with Crippen molar-refractivity contribution >= 4 is 5.78 Å². The number of methoxy groups -OCH3 is 4. The van der Waals surface area contributed by atoms with Crippen LogP contribution >= 0.6 is 0 Å². The maximum Gasteiger partial charge on any atom is 0.172 e. The van der Waals surface area contributed by atoms with E-state index in [0.29, 0.717) is 43.8 Å². The maximum absolute atomic E-state index is 13.4.